The molecule has 2 aromatic rings. The molecule has 2 fully saturated rings. The molecule has 9 nitrogen and oxygen atoms in total. The molecule has 2 aromatic carbocycles. The molecule has 0 unspecified atom stereocenters. The van der Waals surface area contributed by atoms with Crippen molar-refractivity contribution in [1.29, 1.82) is 0 Å². The van der Waals surface area contributed by atoms with Crippen molar-refractivity contribution in [3.63, 3.8) is 0 Å². The Labute approximate surface area is 191 Å². The highest BCUT2D eigenvalue weighted by Crippen LogP contribution is 2.30. The molecule has 1 N–H and O–H groups in total. The Morgan fingerprint density at radius 3 is 2.39 bits per heavy atom. The van der Waals surface area contributed by atoms with Crippen LogP contribution in [0.5, 0.6) is 11.5 Å². The van der Waals surface area contributed by atoms with Crippen molar-refractivity contribution in [3.8, 4) is 11.5 Å². The number of nitrogens with one attached hydrogen (secondary N) is 1. The van der Waals surface area contributed by atoms with E-state index in [1.54, 1.807) is 30.3 Å². The molecule has 2 saturated heterocycles. The van der Waals surface area contributed by atoms with Gasteiger partial charge in [-0.05, 0) is 49.4 Å². The number of barbiturate groups is 1. The van der Waals surface area contributed by atoms with E-state index < -0.39 is 17.8 Å². The number of methoxy groups -OCH3 is 1. The summed E-state index contributed by atoms with van der Waals surface area (Å²) in [5.74, 6) is -0.349. The zero-order valence-corrected chi connectivity index (χ0v) is 18.5. The quantitative estimate of drug-likeness (QED) is 0.533. The minimum atomic E-state index is -0.805. The van der Waals surface area contributed by atoms with E-state index >= 15 is 0 Å². The number of urea groups is 1. The number of rotatable bonds is 6. The number of carbonyl (C=O) groups excluding carboxylic acids is 3. The smallest absolute Gasteiger partial charge is 0.335 e. The van der Waals surface area contributed by atoms with E-state index in [0.29, 0.717) is 42.6 Å². The van der Waals surface area contributed by atoms with Gasteiger partial charge < -0.3 is 19.1 Å². The van der Waals surface area contributed by atoms with Gasteiger partial charge in [-0.2, -0.15) is 0 Å². The third kappa shape index (κ3) is 4.68. The van der Waals surface area contributed by atoms with Crippen LogP contribution in [-0.4, -0.2) is 57.9 Å². The van der Waals surface area contributed by atoms with Crippen LogP contribution >= 0.6 is 0 Å². The lowest BCUT2D eigenvalue weighted by Gasteiger charge is -2.29. The fourth-order valence-electron chi connectivity index (χ4n) is 3.74. The largest absolute Gasteiger partial charge is 0.496 e. The Kier molecular flexibility index (Phi) is 6.60. The molecule has 9 heteroatoms. The molecular weight excluding hydrogens is 426 g/mol. The van der Waals surface area contributed by atoms with Crippen LogP contribution in [0.4, 0.5) is 16.2 Å². The van der Waals surface area contributed by atoms with Crippen molar-refractivity contribution in [2.24, 2.45) is 0 Å². The van der Waals surface area contributed by atoms with E-state index in [-0.39, 0.29) is 5.57 Å². The van der Waals surface area contributed by atoms with Crippen LogP contribution < -0.4 is 24.6 Å². The second-order valence-electron chi connectivity index (χ2n) is 7.41. The number of anilines is 2. The molecule has 4 amide bonds. The van der Waals surface area contributed by atoms with E-state index in [9.17, 15) is 14.4 Å². The third-order valence-corrected chi connectivity index (χ3v) is 5.40. The minimum Gasteiger partial charge on any atom is -0.496 e. The number of carbonyl (C=O) groups is 3. The fourth-order valence-corrected chi connectivity index (χ4v) is 3.74. The van der Waals surface area contributed by atoms with E-state index in [4.69, 9.17) is 14.2 Å². The zero-order chi connectivity index (χ0) is 23.4. The highest BCUT2D eigenvalue weighted by molar-refractivity contribution is 6.39. The Balaban J connectivity index is 1.64. The van der Waals surface area contributed by atoms with Crippen LogP contribution in [0.15, 0.2) is 48.0 Å². The summed E-state index contributed by atoms with van der Waals surface area (Å²) in [5, 5.41) is 2.23. The molecule has 2 aliphatic heterocycles. The number of morpholine rings is 1. The topological polar surface area (TPSA) is 97.4 Å². The molecule has 0 spiro atoms. The van der Waals surface area contributed by atoms with Crippen molar-refractivity contribution in [1.82, 2.24) is 5.32 Å². The van der Waals surface area contributed by atoms with Gasteiger partial charge >= 0.3 is 6.03 Å². The van der Waals surface area contributed by atoms with Crippen LogP contribution in [0.2, 0.25) is 0 Å². The molecule has 2 heterocycles. The summed E-state index contributed by atoms with van der Waals surface area (Å²) in [7, 11) is 1.53. The SMILES string of the molecule is CCOc1ccc(N2C(=O)NC(=O)C(=Cc3ccc(N4CCOCC4)cc3OC)C2=O)cc1. The summed E-state index contributed by atoms with van der Waals surface area (Å²) in [6.45, 7) is 5.19. The molecule has 0 atom stereocenters. The molecule has 0 radical (unpaired) electrons. The number of ether oxygens (including phenoxy) is 3. The summed E-state index contributed by atoms with van der Waals surface area (Å²) < 4.78 is 16.3. The predicted molar refractivity (Wildman–Crippen MR) is 123 cm³/mol. The fraction of sp³-hybridized carbons (Fsp3) is 0.292. The van der Waals surface area contributed by atoms with Crippen molar-refractivity contribution in [3.05, 3.63) is 53.6 Å². The monoisotopic (exact) mass is 451 g/mol. The number of hydrogen-bond donors (Lipinski definition) is 1. The van der Waals surface area contributed by atoms with Gasteiger partial charge in [0.05, 0.1) is 32.6 Å². The summed E-state index contributed by atoms with van der Waals surface area (Å²) in [4.78, 5) is 41.2. The van der Waals surface area contributed by atoms with E-state index in [1.807, 2.05) is 19.1 Å². The molecule has 33 heavy (non-hydrogen) atoms. The number of amides is 4. The van der Waals surface area contributed by atoms with Gasteiger partial charge in [0.25, 0.3) is 11.8 Å². The predicted octanol–water partition coefficient (Wildman–Crippen LogP) is 2.60. The van der Waals surface area contributed by atoms with Crippen LogP contribution in [-0.2, 0) is 14.3 Å². The van der Waals surface area contributed by atoms with Gasteiger partial charge in [0, 0.05) is 30.4 Å². The number of hydrogen-bond acceptors (Lipinski definition) is 7. The third-order valence-electron chi connectivity index (χ3n) is 5.40. The maximum atomic E-state index is 13.2. The number of nitrogens with zero attached hydrogens (tertiary/aromatic N) is 2. The number of benzene rings is 2. The van der Waals surface area contributed by atoms with Crippen LogP contribution in [0.1, 0.15) is 12.5 Å². The van der Waals surface area contributed by atoms with Crippen LogP contribution in [0.3, 0.4) is 0 Å². The first-order valence-electron chi connectivity index (χ1n) is 10.7. The van der Waals surface area contributed by atoms with Gasteiger partial charge in [0.1, 0.15) is 17.1 Å². The Bertz CT molecular complexity index is 1090. The molecule has 2 aliphatic rings. The first-order valence-corrected chi connectivity index (χ1v) is 10.7. The summed E-state index contributed by atoms with van der Waals surface area (Å²) in [5.41, 5.74) is 1.67. The molecule has 4 rings (SSSR count). The highest BCUT2D eigenvalue weighted by atomic mass is 16.5. The van der Waals surface area contributed by atoms with Gasteiger partial charge in [-0.15, -0.1) is 0 Å². The molecule has 172 valence electrons. The second kappa shape index (κ2) is 9.74. The van der Waals surface area contributed by atoms with E-state index in [1.165, 1.54) is 13.2 Å². The highest BCUT2D eigenvalue weighted by Gasteiger charge is 2.37. The zero-order valence-electron chi connectivity index (χ0n) is 18.5. The van der Waals surface area contributed by atoms with E-state index in [0.717, 1.165) is 23.7 Å². The number of imide groups is 2. The van der Waals surface area contributed by atoms with Crippen LogP contribution in [0, 0.1) is 0 Å². The molecular formula is C24H25N3O6. The van der Waals surface area contributed by atoms with Crippen molar-refractivity contribution in [2.75, 3.05) is 49.8 Å². The maximum absolute atomic E-state index is 13.2. The standard InChI is InChI=1S/C24H25N3O6/c1-3-33-19-8-6-17(7-9-19)27-23(29)20(22(28)25-24(27)30)14-16-4-5-18(15-21(16)31-2)26-10-12-32-13-11-26/h4-9,14-15H,3,10-13H2,1-2H3,(H,25,28,30). The maximum Gasteiger partial charge on any atom is 0.335 e. The molecule has 0 aromatic heterocycles. The second-order valence-corrected chi connectivity index (χ2v) is 7.41. The van der Waals surface area contributed by atoms with Gasteiger partial charge in [-0.25, -0.2) is 9.69 Å². The lowest BCUT2D eigenvalue weighted by molar-refractivity contribution is -0.122. The summed E-state index contributed by atoms with van der Waals surface area (Å²) in [6.07, 6.45) is 1.44. The summed E-state index contributed by atoms with van der Waals surface area (Å²) in [6, 6.07) is 11.2. The average Bonchev–Trinajstić information content (AvgIpc) is 2.83. The molecule has 0 saturated carbocycles. The summed E-state index contributed by atoms with van der Waals surface area (Å²) >= 11 is 0. The van der Waals surface area contributed by atoms with Gasteiger partial charge in [-0.3, -0.25) is 14.9 Å². The van der Waals surface area contributed by atoms with Gasteiger partial charge in [0.15, 0.2) is 0 Å². The lowest BCUT2D eigenvalue weighted by atomic mass is 10.0. The molecule has 0 aliphatic carbocycles. The van der Waals surface area contributed by atoms with Crippen molar-refractivity contribution >= 4 is 35.3 Å². The van der Waals surface area contributed by atoms with Crippen molar-refractivity contribution in [2.45, 2.75) is 6.92 Å². The van der Waals surface area contributed by atoms with Gasteiger partial charge in [-0.1, -0.05) is 0 Å². The molecule has 0 bridgehead atoms. The van der Waals surface area contributed by atoms with E-state index in [2.05, 4.69) is 10.2 Å². The Morgan fingerprint density at radius 2 is 1.73 bits per heavy atom. The average molecular weight is 451 g/mol. The van der Waals surface area contributed by atoms with Crippen LogP contribution in [0.25, 0.3) is 6.08 Å². The normalized spacial score (nSPS) is 17.9. The van der Waals surface area contributed by atoms with Gasteiger partial charge in [0.2, 0.25) is 0 Å². The van der Waals surface area contributed by atoms with Crippen molar-refractivity contribution < 1.29 is 28.6 Å². The first kappa shape index (κ1) is 22.3. The minimum absolute atomic E-state index is 0.166. The lowest BCUT2D eigenvalue weighted by Crippen LogP contribution is -2.54. The first-order chi connectivity index (χ1) is 16.0. The Morgan fingerprint density at radius 1 is 1.03 bits per heavy atom. The Hall–Kier alpha value is -3.85.